The van der Waals surface area contributed by atoms with Gasteiger partial charge in [0.05, 0.1) is 18.5 Å². The summed E-state index contributed by atoms with van der Waals surface area (Å²) in [4.78, 5) is 0. The molecule has 5 nitrogen and oxygen atoms in total. The van der Waals surface area contributed by atoms with Gasteiger partial charge in [0.15, 0.2) is 5.11 Å². The number of aryl methyl sites for hydroxylation is 2. The average molecular weight is 329 g/mol. The van der Waals surface area contributed by atoms with Crippen LogP contribution in [0.15, 0.2) is 29.4 Å². The molecule has 0 radical (unpaired) electrons. The highest BCUT2D eigenvalue weighted by Crippen LogP contribution is 2.13. The largest absolute Gasteiger partial charge is 0.362 e. The van der Waals surface area contributed by atoms with E-state index in [0.717, 1.165) is 30.0 Å². The molecule has 0 spiro atoms. The highest BCUT2D eigenvalue weighted by Gasteiger charge is 2.10. The fourth-order valence-corrected chi connectivity index (χ4v) is 2.47. The summed E-state index contributed by atoms with van der Waals surface area (Å²) in [6, 6.07) is 8.51. The molecule has 0 unspecified atom stereocenters. The molecular formula is C17H23N5S. The summed E-state index contributed by atoms with van der Waals surface area (Å²) in [6.07, 6.45) is 1.77. The molecule has 0 aliphatic carbocycles. The van der Waals surface area contributed by atoms with Gasteiger partial charge in [0.1, 0.15) is 0 Å². The third-order valence-electron chi connectivity index (χ3n) is 3.59. The Morgan fingerprint density at radius 1 is 1.26 bits per heavy atom. The maximum absolute atomic E-state index is 5.08. The molecular weight excluding hydrogens is 306 g/mol. The van der Waals surface area contributed by atoms with E-state index >= 15 is 0 Å². The number of nitrogens with zero attached hydrogens (tertiary/aromatic N) is 3. The zero-order valence-electron chi connectivity index (χ0n) is 14.1. The molecule has 0 atom stereocenters. The molecule has 23 heavy (non-hydrogen) atoms. The van der Waals surface area contributed by atoms with E-state index in [0.29, 0.717) is 5.11 Å². The minimum absolute atomic E-state index is 0.520. The predicted molar refractivity (Wildman–Crippen MR) is 99.0 cm³/mol. The topological polar surface area (TPSA) is 54.2 Å². The Labute approximate surface area is 142 Å². The van der Waals surface area contributed by atoms with Gasteiger partial charge >= 0.3 is 0 Å². The molecule has 0 bridgehead atoms. The second-order valence-electron chi connectivity index (χ2n) is 5.46. The van der Waals surface area contributed by atoms with Crippen molar-refractivity contribution < 1.29 is 0 Å². The first-order valence-corrected chi connectivity index (χ1v) is 8.08. The smallest absolute Gasteiger partial charge is 0.186 e. The second kappa shape index (κ2) is 7.87. The molecule has 1 aromatic carbocycles. The highest BCUT2D eigenvalue weighted by molar-refractivity contribution is 7.80. The lowest BCUT2D eigenvalue weighted by Crippen LogP contribution is -2.31. The Morgan fingerprint density at radius 3 is 2.61 bits per heavy atom. The summed E-state index contributed by atoms with van der Waals surface area (Å²) >= 11 is 5.08. The van der Waals surface area contributed by atoms with Gasteiger partial charge in [0, 0.05) is 17.8 Å². The Hall–Kier alpha value is -2.21. The standard InChI is InChI=1S/C17H23N5S/c1-5-18-17(23)20-19-10-16-13(3)21-22(14(16)4)11-15-8-6-12(2)7-9-15/h6-10H,5,11H2,1-4H3,(H2,18,20,23)/b19-10+. The van der Waals surface area contributed by atoms with Gasteiger partial charge in [-0.1, -0.05) is 29.8 Å². The summed E-state index contributed by atoms with van der Waals surface area (Å²) in [5.41, 5.74) is 8.36. The SMILES string of the molecule is CCNC(=S)N/N=C/c1c(C)nn(Cc2ccc(C)cc2)c1C. The van der Waals surface area contributed by atoms with Gasteiger partial charge < -0.3 is 5.32 Å². The monoisotopic (exact) mass is 329 g/mol. The van der Waals surface area contributed by atoms with Gasteiger partial charge in [-0.2, -0.15) is 10.2 Å². The Balaban J connectivity index is 2.11. The van der Waals surface area contributed by atoms with E-state index < -0.39 is 0 Å². The van der Waals surface area contributed by atoms with Crippen molar-refractivity contribution in [2.24, 2.45) is 5.10 Å². The number of aromatic nitrogens is 2. The van der Waals surface area contributed by atoms with Crippen LogP contribution in [0.5, 0.6) is 0 Å². The van der Waals surface area contributed by atoms with Crippen molar-refractivity contribution in [3.63, 3.8) is 0 Å². The van der Waals surface area contributed by atoms with Gasteiger partial charge in [0.2, 0.25) is 0 Å². The first-order valence-electron chi connectivity index (χ1n) is 7.67. The van der Waals surface area contributed by atoms with Crippen molar-refractivity contribution >= 4 is 23.5 Å². The maximum Gasteiger partial charge on any atom is 0.186 e. The zero-order chi connectivity index (χ0) is 16.8. The van der Waals surface area contributed by atoms with Gasteiger partial charge in [0.25, 0.3) is 0 Å². The van der Waals surface area contributed by atoms with Crippen LogP contribution in [0.4, 0.5) is 0 Å². The molecule has 0 saturated heterocycles. The number of hydrazone groups is 1. The number of thiocarbonyl (C=S) groups is 1. The maximum atomic E-state index is 5.08. The molecule has 2 rings (SSSR count). The lowest BCUT2D eigenvalue weighted by molar-refractivity contribution is 0.659. The van der Waals surface area contributed by atoms with Crippen molar-refractivity contribution in [2.45, 2.75) is 34.2 Å². The lowest BCUT2D eigenvalue weighted by Gasteiger charge is -2.05. The van der Waals surface area contributed by atoms with Crippen LogP contribution in [0.1, 0.15) is 35.0 Å². The molecule has 0 saturated carbocycles. The van der Waals surface area contributed by atoms with E-state index in [4.69, 9.17) is 12.2 Å². The molecule has 1 heterocycles. The Kier molecular flexibility index (Phi) is 5.87. The summed E-state index contributed by atoms with van der Waals surface area (Å²) in [7, 11) is 0. The third-order valence-corrected chi connectivity index (χ3v) is 3.82. The fourth-order valence-electron chi connectivity index (χ4n) is 2.27. The van der Waals surface area contributed by atoms with E-state index in [1.54, 1.807) is 6.21 Å². The Bertz CT molecular complexity index is 701. The van der Waals surface area contributed by atoms with E-state index in [2.05, 4.69) is 59.1 Å². The number of hydrogen-bond donors (Lipinski definition) is 2. The van der Waals surface area contributed by atoms with Crippen LogP contribution >= 0.6 is 12.2 Å². The Morgan fingerprint density at radius 2 is 1.96 bits per heavy atom. The molecule has 2 N–H and O–H groups in total. The molecule has 0 aliphatic heterocycles. The van der Waals surface area contributed by atoms with Crippen molar-refractivity contribution in [1.29, 1.82) is 0 Å². The molecule has 2 aromatic rings. The van der Waals surface area contributed by atoms with E-state index in [1.165, 1.54) is 11.1 Å². The number of rotatable bonds is 5. The fraction of sp³-hybridized carbons (Fsp3) is 0.353. The lowest BCUT2D eigenvalue weighted by atomic mass is 10.1. The van der Waals surface area contributed by atoms with Crippen LogP contribution in [0.2, 0.25) is 0 Å². The first kappa shape index (κ1) is 17.1. The molecule has 1 aromatic heterocycles. The van der Waals surface area contributed by atoms with Crippen LogP contribution < -0.4 is 10.7 Å². The molecule has 0 aliphatic rings. The van der Waals surface area contributed by atoms with Gasteiger partial charge in [-0.05, 0) is 45.5 Å². The normalized spacial score (nSPS) is 11.0. The molecule has 0 amide bonds. The second-order valence-corrected chi connectivity index (χ2v) is 5.87. The van der Waals surface area contributed by atoms with Crippen LogP contribution in [0.25, 0.3) is 0 Å². The number of nitrogens with one attached hydrogen (secondary N) is 2. The summed E-state index contributed by atoms with van der Waals surface area (Å²) < 4.78 is 2.00. The van der Waals surface area contributed by atoms with Crippen molar-refractivity contribution in [2.75, 3.05) is 6.54 Å². The van der Waals surface area contributed by atoms with E-state index in [9.17, 15) is 0 Å². The first-order chi connectivity index (χ1) is 11.0. The number of hydrogen-bond acceptors (Lipinski definition) is 3. The third kappa shape index (κ3) is 4.63. The minimum atomic E-state index is 0.520. The van der Waals surface area contributed by atoms with Crippen molar-refractivity contribution in [3.8, 4) is 0 Å². The van der Waals surface area contributed by atoms with Crippen LogP contribution in [0, 0.1) is 20.8 Å². The van der Waals surface area contributed by atoms with Crippen LogP contribution in [-0.2, 0) is 6.54 Å². The van der Waals surface area contributed by atoms with Gasteiger partial charge in [-0.25, -0.2) is 0 Å². The quantitative estimate of drug-likeness (QED) is 0.503. The van der Waals surface area contributed by atoms with Gasteiger partial charge in [-0.3, -0.25) is 10.1 Å². The summed E-state index contributed by atoms with van der Waals surface area (Å²) in [6.45, 7) is 9.65. The zero-order valence-corrected chi connectivity index (χ0v) is 14.9. The summed E-state index contributed by atoms with van der Waals surface area (Å²) in [5, 5.41) is 12.3. The van der Waals surface area contributed by atoms with E-state index in [1.807, 2.05) is 18.5 Å². The average Bonchev–Trinajstić information content (AvgIpc) is 2.77. The van der Waals surface area contributed by atoms with Crippen molar-refractivity contribution in [3.05, 3.63) is 52.3 Å². The molecule has 6 heteroatoms. The molecule has 0 fully saturated rings. The number of benzene rings is 1. The summed E-state index contributed by atoms with van der Waals surface area (Å²) in [5.74, 6) is 0. The van der Waals surface area contributed by atoms with Gasteiger partial charge in [-0.15, -0.1) is 0 Å². The van der Waals surface area contributed by atoms with Crippen molar-refractivity contribution in [1.82, 2.24) is 20.5 Å². The predicted octanol–water partition coefficient (Wildman–Crippen LogP) is 2.67. The van der Waals surface area contributed by atoms with Crippen LogP contribution in [0.3, 0.4) is 0 Å². The minimum Gasteiger partial charge on any atom is -0.362 e. The van der Waals surface area contributed by atoms with E-state index in [-0.39, 0.29) is 0 Å². The van der Waals surface area contributed by atoms with Crippen LogP contribution in [-0.4, -0.2) is 27.7 Å². The molecule has 122 valence electrons. The highest BCUT2D eigenvalue weighted by atomic mass is 32.1.